The van der Waals surface area contributed by atoms with Gasteiger partial charge in [0.05, 0.1) is 0 Å². The fraction of sp³-hybridized carbons (Fsp3) is 0.800. The summed E-state index contributed by atoms with van der Waals surface area (Å²) in [5, 5.41) is 8.00. The molecule has 0 atom stereocenters. The lowest BCUT2D eigenvalue weighted by atomic mass is 10.4. The van der Waals surface area contributed by atoms with Crippen LogP contribution < -0.4 is 10.6 Å². The van der Waals surface area contributed by atoms with E-state index >= 15 is 0 Å². The lowest BCUT2D eigenvalue weighted by Gasteiger charge is -2.16. The Labute approximate surface area is 89.6 Å². The van der Waals surface area contributed by atoms with E-state index in [2.05, 4.69) is 22.0 Å². The molecule has 15 heavy (non-hydrogen) atoms. The van der Waals surface area contributed by atoms with Gasteiger partial charge in [-0.05, 0) is 25.7 Å². The Morgan fingerprint density at radius 2 is 2.27 bits per heavy atom. The Balaban J connectivity index is 1.97. The molecule has 84 valence electrons. The summed E-state index contributed by atoms with van der Waals surface area (Å²) in [6.45, 7) is 4.62. The molecule has 5 heteroatoms. The van der Waals surface area contributed by atoms with Gasteiger partial charge in [0, 0.05) is 26.1 Å². The van der Waals surface area contributed by atoms with Crippen molar-refractivity contribution in [1.29, 1.82) is 0 Å². The highest BCUT2D eigenvalue weighted by Gasteiger charge is 2.25. The van der Waals surface area contributed by atoms with E-state index in [1.165, 1.54) is 12.8 Å². The first-order valence-electron chi connectivity index (χ1n) is 5.61. The van der Waals surface area contributed by atoms with Crippen LogP contribution in [0.3, 0.4) is 0 Å². The molecule has 0 spiro atoms. The second-order valence-corrected chi connectivity index (χ2v) is 4.00. The molecule has 0 bridgehead atoms. The van der Waals surface area contributed by atoms with Crippen molar-refractivity contribution in [2.45, 2.75) is 26.2 Å². The Morgan fingerprint density at radius 1 is 1.47 bits per heavy atom. The van der Waals surface area contributed by atoms with Crippen molar-refractivity contribution in [3.63, 3.8) is 0 Å². The molecule has 1 aromatic heterocycles. The normalized spacial score (nSPS) is 15.6. The van der Waals surface area contributed by atoms with Gasteiger partial charge in [-0.25, -0.2) is 0 Å². The van der Waals surface area contributed by atoms with Gasteiger partial charge in [0.25, 0.3) is 0 Å². The number of anilines is 1. The molecule has 1 aliphatic carbocycles. The fourth-order valence-corrected chi connectivity index (χ4v) is 1.55. The van der Waals surface area contributed by atoms with Crippen LogP contribution in [-0.4, -0.2) is 29.8 Å². The standard InChI is InChI=1S/C10H18N4O/c1-2-14(7-8-3-4-8)10-13-12-9(15-10)5-6-11/h8H,2-7,11H2,1H3. The van der Waals surface area contributed by atoms with E-state index in [9.17, 15) is 0 Å². The zero-order valence-corrected chi connectivity index (χ0v) is 9.15. The molecule has 0 amide bonds. The summed E-state index contributed by atoms with van der Waals surface area (Å²) >= 11 is 0. The lowest BCUT2D eigenvalue weighted by Crippen LogP contribution is -2.25. The molecule has 0 aromatic carbocycles. The van der Waals surface area contributed by atoms with Crippen LogP contribution in [0.4, 0.5) is 6.01 Å². The summed E-state index contributed by atoms with van der Waals surface area (Å²) in [6.07, 6.45) is 3.33. The van der Waals surface area contributed by atoms with Gasteiger partial charge < -0.3 is 15.1 Å². The average Bonchev–Trinajstić information content (AvgIpc) is 2.95. The van der Waals surface area contributed by atoms with Crippen LogP contribution in [-0.2, 0) is 6.42 Å². The monoisotopic (exact) mass is 210 g/mol. The largest absolute Gasteiger partial charge is 0.408 e. The highest BCUT2D eigenvalue weighted by molar-refractivity contribution is 5.24. The number of rotatable bonds is 6. The lowest BCUT2D eigenvalue weighted by molar-refractivity contribution is 0.481. The van der Waals surface area contributed by atoms with E-state index in [1.54, 1.807) is 0 Å². The molecule has 1 heterocycles. The minimum Gasteiger partial charge on any atom is -0.408 e. The predicted octanol–water partition coefficient (Wildman–Crippen LogP) is 0.807. The third-order valence-corrected chi connectivity index (χ3v) is 2.64. The van der Waals surface area contributed by atoms with Crippen LogP contribution in [0.25, 0.3) is 0 Å². The maximum absolute atomic E-state index is 5.53. The molecule has 0 aliphatic heterocycles. The number of nitrogens with two attached hydrogens (primary N) is 1. The van der Waals surface area contributed by atoms with E-state index in [-0.39, 0.29) is 0 Å². The Hall–Kier alpha value is -1.10. The number of aromatic nitrogens is 2. The third-order valence-electron chi connectivity index (χ3n) is 2.64. The molecule has 2 N–H and O–H groups in total. The summed E-state index contributed by atoms with van der Waals surface area (Å²) in [4.78, 5) is 2.14. The van der Waals surface area contributed by atoms with Crippen LogP contribution in [0.5, 0.6) is 0 Å². The summed E-state index contributed by atoms with van der Waals surface area (Å²) in [6, 6.07) is 0.646. The summed E-state index contributed by atoms with van der Waals surface area (Å²) < 4.78 is 5.53. The topological polar surface area (TPSA) is 68.2 Å². The predicted molar refractivity (Wildman–Crippen MR) is 57.7 cm³/mol. The molecular weight excluding hydrogens is 192 g/mol. The van der Waals surface area contributed by atoms with Gasteiger partial charge in [0.15, 0.2) is 0 Å². The summed E-state index contributed by atoms with van der Waals surface area (Å²) in [7, 11) is 0. The first kappa shape index (κ1) is 10.4. The van der Waals surface area contributed by atoms with Crippen LogP contribution in [0.2, 0.25) is 0 Å². The number of hydrogen-bond donors (Lipinski definition) is 1. The van der Waals surface area contributed by atoms with Gasteiger partial charge in [-0.3, -0.25) is 0 Å². The minimum absolute atomic E-state index is 0.552. The second-order valence-electron chi connectivity index (χ2n) is 4.00. The van der Waals surface area contributed by atoms with Crippen molar-refractivity contribution >= 4 is 6.01 Å². The molecule has 1 saturated carbocycles. The van der Waals surface area contributed by atoms with Gasteiger partial charge in [0.2, 0.25) is 5.89 Å². The first-order valence-corrected chi connectivity index (χ1v) is 5.61. The molecular formula is C10H18N4O. The van der Waals surface area contributed by atoms with E-state index in [0.717, 1.165) is 19.0 Å². The van der Waals surface area contributed by atoms with Crippen molar-refractivity contribution in [2.75, 3.05) is 24.5 Å². The first-order chi connectivity index (χ1) is 7.33. The van der Waals surface area contributed by atoms with Gasteiger partial charge in [-0.15, -0.1) is 5.10 Å². The van der Waals surface area contributed by atoms with E-state index < -0.39 is 0 Å². The van der Waals surface area contributed by atoms with Crippen LogP contribution >= 0.6 is 0 Å². The molecule has 5 nitrogen and oxygen atoms in total. The van der Waals surface area contributed by atoms with E-state index in [4.69, 9.17) is 10.2 Å². The van der Waals surface area contributed by atoms with Gasteiger partial charge in [-0.1, -0.05) is 5.10 Å². The van der Waals surface area contributed by atoms with Crippen LogP contribution in [0.1, 0.15) is 25.7 Å². The SMILES string of the molecule is CCN(CC1CC1)c1nnc(CCN)o1. The number of hydrogen-bond acceptors (Lipinski definition) is 5. The molecule has 1 fully saturated rings. The van der Waals surface area contributed by atoms with Gasteiger partial charge in [-0.2, -0.15) is 0 Å². The Kier molecular flexibility index (Phi) is 3.20. The fourth-order valence-electron chi connectivity index (χ4n) is 1.55. The third kappa shape index (κ3) is 2.68. The van der Waals surface area contributed by atoms with Gasteiger partial charge >= 0.3 is 6.01 Å². The molecule has 2 rings (SSSR count). The average molecular weight is 210 g/mol. The summed E-state index contributed by atoms with van der Waals surface area (Å²) in [5.74, 6) is 1.47. The zero-order chi connectivity index (χ0) is 10.7. The van der Waals surface area contributed by atoms with Crippen molar-refractivity contribution in [2.24, 2.45) is 11.7 Å². The van der Waals surface area contributed by atoms with Crippen molar-refractivity contribution < 1.29 is 4.42 Å². The van der Waals surface area contributed by atoms with Crippen molar-refractivity contribution in [1.82, 2.24) is 10.2 Å². The van der Waals surface area contributed by atoms with Gasteiger partial charge in [0.1, 0.15) is 0 Å². The van der Waals surface area contributed by atoms with Crippen molar-refractivity contribution in [3.05, 3.63) is 5.89 Å². The zero-order valence-electron chi connectivity index (χ0n) is 9.15. The van der Waals surface area contributed by atoms with Crippen molar-refractivity contribution in [3.8, 4) is 0 Å². The minimum atomic E-state index is 0.552. The molecule has 0 saturated heterocycles. The highest BCUT2D eigenvalue weighted by atomic mass is 16.4. The molecule has 0 unspecified atom stereocenters. The quantitative estimate of drug-likeness (QED) is 0.752. The number of nitrogens with zero attached hydrogens (tertiary/aromatic N) is 3. The summed E-state index contributed by atoms with van der Waals surface area (Å²) in [5.41, 5.74) is 5.43. The molecule has 1 aliphatic rings. The van der Waals surface area contributed by atoms with E-state index in [0.29, 0.717) is 24.9 Å². The molecule has 1 aromatic rings. The highest BCUT2D eigenvalue weighted by Crippen LogP contribution is 2.30. The van der Waals surface area contributed by atoms with Crippen LogP contribution in [0.15, 0.2) is 4.42 Å². The maximum atomic E-state index is 5.53. The smallest absolute Gasteiger partial charge is 0.318 e. The second kappa shape index (κ2) is 4.61. The van der Waals surface area contributed by atoms with Crippen LogP contribution in [0, 0.1) is 5.92 Å². The Bertz CT molecular complexity index is 308. The maximum Gasteiger partial charge on any atom is 0.318 e. The van der Waals surface area contributed by atoms with E-state index in [1.807, 2.05) is 0 Å². The molecule has 0 radical (unpaired) electrons. The Morgan fingerprint density at radius 3 is 2.87 bits per heavy atom.